The van der Waals surface area contributed by atoms with Crippen LogP contribution in [0.1, 0.15) is 44.1 Å². The van der Waals surface area contributed by atoms with E-state index >= 15 is 0 Å². The maximum absolute atomic E-state index is 13.0. The Hall–Kier alpha value is -2.65. The first-order chi connectivity index (χ1) is 13.6. The first-order valence-corrected chi connectivity index (χ1v) is 10.2. The third-order valence-corrected chi connectivity index (χ3v) is 5.73. The first kappa shape index (κ1) is 22.6. The van der Waals surface area contributed by atoms with Crippen LogP contribution < -0.4 is 0 Å². The molecular weight excluding hydrogens is 403 g/mol. The molecule has 2 atom stereocenters. The van der Waals surface area contributed by atoms with E-state index in [4.69, 9.17) is 13.6 Å². The van der Waals surface area contributed by atoms with E-state index in [0.29, 0.717) is 11.1 Å². The van der Waals surface area contributed by atoms with E-state index in [-0.39, 0.29) is 18.0 Å². The fourth-order valence-corrected chi connectivity index (χ4v) is 3.99. The van der Waals surface area contributed by atoms with Crippen molar-refractivity contribution in [2.75, 3.05) is 6.61 Å². The van der Waals surface area contributed by atoms with Crippen molar-refractivity contribution >= 4 is 19.2 Å². The Balaban J connectivity index is 2.13. The molecule has 10 nitrogen and oxygen atoms in total. The van der Waals surface area contributed by atoms with Gasteiger partial charge in [-0.1, -0.05) is 0 Å². The fraction of sp³-hybridized carbons (Fsp3) is 0.333. The van der Waals surface area contributed by atoms with Crippen LogP contribution in [0.3, 0.4) is 0 Å². The van der Waals surface area contributed by atoms with Crippen LogP contribution in [0.2, 0.25) is 0 Å². The van der Waals surface area contributed by atoms with Crippen LogP contribution in [0.15, 0.2) is 48.5 Å². The molecule has 0 heterocycles. The van der Waals surface area contributed by atoms with Gasteiger partial charge < -0.3 is 0 Å². The lowest BCUT2D eigenvalue weighted by Gasteiger charge is -2.24. The number of phosphoric acid groups is 1. The first-order valence-electron chi connectivity index (χ1n) is 8.75. The van der Waals surface area contributed by atoms with Crippen LogP contribution in [0, 0.1) is 20.2 Å². The standard InChI is InChI=1S/C18H21N2O8P/c1-4-26-29(25,27-13(2)15-5-9-17(10-6-15)19(21)22)28-14(3)16-7-11-18(12-8-16)20(23)24/h5-14H,4H2,1-3H3. The average molecular weight is 424 g/mol. The quantitative estimate of drug-likeness (QED) is 0.277. The van der Waals surface area contributed by atoms with Crippen LogP contribution in [-0.4, -0.2) is 16.5 Å². The molecule has 2 aromatic rings. The molecule has 0 aromatic heterocycles. The van der Waals surface area contributed by atoms with Gasteiger partial charge in [0.05, 0.1) is 28.7 Å². The highest BCUT2D eigenvalue weighted by Crippen LogP contribution is 2.56. The van der Waals surface area contributed by atoms with Crippen molar-refractivity contribution in [1.29, 1.82) is 0 Å². The summed E-state index contributed by atoms with van der Waals surface area (Å²) in [6.07, 6.45) is -1.45. The Bertz CT molecular complexity index is 832. The number of hydrogen-bond donors (Lipinski definition) is 0. The summed E-state index contributed by atoms with van der Waals surface area (Å²) in [6, 6.07) is 11.3. The second kappa shape index (κ2) is 9.71. The summed E-state index contributed by atoms with van der Waals surface area (Å²) in [6.45, 7) is 4.93. The molecule has 0 saturated carbocycles. The molecule has 0 aliphatic rings. The lowest BCUT2D eigenvalue weighted by Crippen LogP contribution is -2.07. The smallest absolute Gasteiger partial charge is 0.287 e. The van der Waals surface area contributed by atoms with Crippen LogP contribution in [-0.2, 0) is 18.1 Å². The van der Waals surface area contributed by atoms with Gasteiger partial charge in [-0.15, -0.1) is 0 Å². The lowest BCUT2D eigenvalue weighted by molar-refractivity contribution is -0.385. The second-order valence-corrected chi connectivity index (χ2v) is 7.63. The SMILES string of the molecule is CCOP(=O)(OC(C)c1ccc([N+](=O)[O-])cc1)OC(C)c1ccc([N+](=O)[O-])cc1. The summed E-state index contributed by atoms with van der Waals surface area (Å²) >= 11 is 0. The minimum Gasteiger partial charge on any atom is -0.287 e. The molecule has 2 aromatic carbocycles. The topological polar surface area (TPSA) is 131 Å². The van der Waals surface area contributed by atoms with Gasteiger partial charge in [-0.05, 0) is 56.2 Å². The number of nitro benzene ring substituents is 2. The zero-order valence-corrected chi connectivity index (χ0v) is 17.0. The summed E-state index contributed by atoms with van der Waals surface area (Å²) in [5.74, 6) is 0. The van der Waals surface area contributed by atoms with Crippen LogP contribution >= 0.6 is 7.82 Å². The van der Waals surface area contributed by atoms with E-state index in [1.54, 1.807) is 20.8 Å². The normalized spacial score (nSPS) is 15.3. The molecule has 0 fully saturated rings. The minimum absolute atomic E-state index is 0.0667. The average Bonchev–Trinajstić information content (AvgIpc) is 2.68. The highest BCUT2D eigenvalue weighted by molar-refractivity contribution is 7.48. The van der Waals surface area contributed by atoms with E-state index in [0.717, 1.165) is 0 Å². The fourth-order valence-electron chi connectivity index (χ4n) is 2.49. The van der Waals surface area contributed by atoms with Crippen molar-refractivity contribution in [2.45, 2.75) is 33.0 Å². The Kier molecular flexibility index (Phi) is 7.58. The van der Waals surface area contributed by atoms with E-state index in [9.17, 15) is 24.8 Å². The summed E-state index contributed by atoms with van der Waals surface area (Å²) in [5.41, 5.74) is 0.971. The highest BCUT2D eigenvalue weighted by Gasteiger charge is 2.32. The molecule has 0 aliphatic heterocycles. The van der Waals surface area contributed by atoms with Gasteiger partial charge in [-0.25, -0.2) is 4.57 Å². The highest BCUT2D eigenvalue weighted by atomic mass is 31.2. The molecule has 29 heavy (non-hydrogen) atoms. The monoisotopic (exact) mass is 424 g/mol. The predicted molar refractivity (Wildman–Crippen MR) is 104 cm³/mol. The third kappa shape index (κ3) is 6.16. The van der Waals surface area contributed by atoms with E-state index < -0.39 is 29.9 Å². The zero-order chi connectivity index (χ0) is 21.6. The molecule has 0 N–H and O–H groups in total. The van der Waals surface area contributed by atoms with Crippen molar-refractivity contribution in [1.82, 2.24) is 0 Å². The number of non-ortho nitro benzene ring substituents is 2. The van der Waals surface area contributed by atoms with Crippen molar-refractivity contribution in [2.24, 2.45) is 0 Å². The molecule has 0 saturated heterocycles. The van der Waals surface area contributed by atoms with Gasteiger partial charge >= 0.3 is 7.82 Å². The van der Waals surface area contributed by atoms with Gasteiger partial charge in [0.25, 0.3) is 11.4 Å². The number of nitro groups is 2. The molecule has 2 rings (SSSR count). The Morgan fingerprint density at radius 3 is 1.45 bits per heavy atom. The molecule has 0 radical (unpaired) electrons. The van der Waals surface area contributed by atoms with Crippen molar-refractivity contribution in [3.63, 3.8) is 0 Å². The van der Waals surface area contributed by atoms with Crippen molar-refractivity contribution in [3.8, 4) is 0 Å². The van der Waals surface area contributed by atoms with Crippen LogP contribution in [0.4, 0.5) is 11.4 Å². The molecule has 2 unspecified atom stereocenters. The maximum atomic E-state index is 13.0. The molecule has 156 valence electrons. The summed E-state index contributed by atoms with van der Waals surface area (Å²) in [7, 11) is -3.99. The van der Waals surface area contributed by atoms with Gasteiger partial charge in [0.2, 0.25) is 0 Å². The molecule has 0 bridgehead atoms. The van der Waals surface area contributed by atoms with Crippen molar-refractivity contribution in [3.05, 3.63) is 79.9 Å². The van der Waals surface area contributed by atoms with E-state index in [1.807, 2.05) is 0 Å². The number of benzene rings is 2. The van der Waals surface area contributed by atoms with Gasteiger partial charge in [0.1, 0.15) is 0 Å². The molecular formula is C18H21N2O8P. The number of phosphoric ester groups is 1. The van der Waals surface area contributed by atoms with Gasteiger partial charge in [0.15, 0.2) is 0 Å². The third-order valence-electron chi connectivity index (χ3n) is 4.01. The van der Waals surface area contributed by atoms with E-state index in [1.165, 1.54) is 48.5 Å². The Morgan fingerprint density at radius 1 is 0.828 bits per heavy atom. The summed E-state index contributed by atoms with van der Waals surface area (Å²) in [4.78, 5) is 20.5. The second-order valence-electron chi connectivity index (χ2n) is 6.06. The molecule has 0 spiro atoms. The Labute approximate surface area is 167 Å². The number of rotatable bonds is 10. The van der Waals surface area contributed by atoms with Crippen LogP contribution in [0.25, 0.3) is 0 Å². The van der Waals surface area contributed by atoms with Gasteiger partial charge in [0, 0.05) is 24.3 Å². The predicted octanol–water partition coefficient (Wildman–Crippen LogP) is 5.50. The van der Waals surface area contributed by atoms with Crippen LogP contribution in [0.5, 0.6) is 0 Å². The van der Waals surface area contributed by atoms with Gasteiger partial charge in [-0.3, -0.25) is 33.8 Å². The maximum Gasteiger partial charge on any atom is 0.475 e. The minimum atomic E-state index is -3.99. The number of hydrogen-bond acceptors (Lipinski definition) is 8. The Morgan fingerprint density at radius 2 is 1.17 bits per heavy atom. The van der Waals surface area contributed by atoms with E-state index in [2.05, 4.69) is 0 Å². The number of nitrogens with zero attached hydrogens (tertiary/aromatic N) is 2. The lowest BCUT2D eigenvalue weighted by atomic mass is 10.1. The largest absolute Gasteiger partial charge is 0.475 e. The van der Waals surface area contributed by atoms with Gasteiger partial charge in [-0.2, -0.15) is 0 Å². The summed E-state index contributed by atoms with van der Waals surface area (Å²) in [5, 5.41) is 21.5. The molecule has 11 heteroatoms. The molecule has 0 aliphatic carbocycles. The summed E-state index contributed by atoms with van der Waals surface area (Å²) < 4.78 is 29.4. The van der Waals surface area contributed by atoms with Crippen molar-refractivity contribution < 1.29 is 28.0 Å². The molecule has 0 amide bonds. The zero-order valence-electron chi connectivity index (χ0n) is 16.1.